The predicted octanol–water partition coefficient (Wildman–Crippen LogP) is 2.72. The van der Waals surface area contributed by atoms with Gasteiger partial charge in [0.2, 0.25) is 0 Å². The van der Waals surface area contributed by atoms with Crippen molar-refractivity contribution in [3.63, 3.8) is 0 Å². The molecule has 0 atom stereocenters. The van der Waals surface area contributed by atoms with Crippen molar-refractivity contribution in [2.45, 2.75) is 6.92 Å². The lowest BCUT2D eigenvalue weighted by Crippen LogP contribution is -1.94. The average molecular weight is 262 g/mol. The molecule has 4 nitrogen and oxygen atoms in total. The third-order valence-corrected chi connectivity index (χ3v) is 3.79. The first-order valence-electron chi connectivity index (χ1n) is 5.45. The normalized spacial score (nSPS) is 11.6. The molecule has 94 valence electrons. The highest BCUT2D eigenvalue weighted by Crippen LogP contribution is 2.31. The van der Waals surface area contributed by atoms with Gasteiger partial charge in [-0.1, -0.05) is 0 Å². The Kier molecular flexibility index (Phi) is 3.62. The van der Waals surface area contributed by atoms with Crippen LogP contribution in [0.3, 0.4) is 0 Å². The Bertz CT molecular complexity index is 596. The highest BCUT2D eigenvalue weighted by Gasteiger charge is 2.07. The molecule has 2 heterocycles. The molecule has 5 heteroatoms. The Morgan fingerprint density at radius 3 is 2.89 bits per heavy atom. The van der Waals surface area contributed by atoms with Gasteiger partial charge in [-0.3, -0.25) is 4.68 Å². The number of thiophene rings is 1. The number of esters is 1. The van der Waals surface area contributed by atoms with Crippen LogP contribution < -0.4 is 0 Å². The first-order valence-corrected chi connectivity index (χ1v) is 6.27. The van der Waals surface area contributed by atoms with E-state index in [1.165, 1.54) is 13.2 Å². The zero-order valence-electron chi connectivity index (χ0n) is 10.5. The summed E-state index contributed by atoms with van der Waals surface area (Å²) >= 11 is 1.63. The number of ether oxygens (including phenoxy) is 1. The summed E-state index contributed by atoms with van der Waals surface area (Å²) in [5.74, 6) is -0.330. The van der Waals surface area contributed by atoms with Crippen molar-refractivity contribution < 1.29 is 9.53 Å². The molecule has 0 saturated carbocycles. The third kappa shape index (κ3) is 2.68. The number of nitrogens with zero attached hydrogens (tertiary/aromatic N) is 2. The fourth-order valence-electron chi connectivity index (χ4n) is 1.56. The minimum Gasteiger partial charge on any atom is -0.466 e. The molecular formula is C13H14N2O2S. The largest absolute Gasteiger partial charge is 0.466 e. The molecule has 0 fully saturated rings. The van der Waals surface area contributed by atoms with Gasteiger partial charge in [0.1, 0.15) is 0 Å². The number of rotatable bonds is 3. The highest BCUT2D eigenvalue weighted by atomic mass is 32.1. The third-order valence-electron chi connectivity index (χ3n) is 2.52. The molecule has 0 unspecified atom stereocenters. The van der Waals surface area contributed by atoms with Gasteiger partial charge in [0.25, 0.3) is 0 Å². The smallest absolute Gasteiger partial charge is 0.330 e. The van der Waals surface area contributed by atoms with Crippen molar-refractivity contribution in [3.8, 4) is 10.4 Å². The topological polar surface area (TPSA) is 44.1 Å². The first kappa shape index (κ1) is 12.6. The van der Waals surface area contributed by atoms with Gasteiger partial charge >= 0.3 is 5.97 Å². The van der Waals surface area contributed by atoms with Crippen LogP contribution in [0.5, 0.6) is 0 Å². The number of hydrogen-bond donors (Lipinski definition) is 0. The lowest BCUT2D eigenvalue weighted by molar-refractivity contribution is -0.134. The monoisotopic (exact) mass is 262 g/mol. The molecule has 0 N–H and O–H groups in total. The Balaban J connectivity index is 2.25. The summed E-state index contributed by atoms with van der Waals surface area (Å²) in [5, 5.41) is 4.14. The van der Waals surface area contributed by atoms with Gasteiger partial charge in [0.15, 0.2) is 0 Å². The number of hydrogen-bond acceptors (Lipinski definition) is 4. The quantitative estimate of drug-likeness (QED) is 0.631. The van der Waals surface area contributed by atoms with Gasteiger partial charge in [-0.25, -0.2) is 4.79 Å². The Labute approximate surface area is 110 Å². The van der Waals surface area contributed by atoms with E-state index in [9.17, 15) is 4.79 Å². The van der Waals surface area contributed by atoms with Gasteiger partial charge in [0, 0.05) is 34.6 Å². The maximum Gasteiger partial charge on any atom is 0.330 e. The molecule has 2 aromatic heterocycles. The van der Waals surface area contributed by atoms with Crippen LogP contribution in [0.4, 0.5) is 0 Å². The highest BCUT2D eigenvalue weighted by molar-refractivity contribution is 7.16. The molecule has 0 radical (unpaired) electrons. The van der Waals surface area contributed by atoms with E-state index < -0.39 is 0 Å². The van der Waals surface area contributed by atoms with Crippen molar-refractivity contribution in [1.82, 2.24) is 9.78 Å². The SMILES string of the molecule is COC(=O)/C=C(\C)c1ccc(-c2cnn(C)c2)s1. The first-order chi connectivity index (χ1) is 8.60. The van der Waals surface area contributed by atoms with Crippen LogP contribution in [0, 0.1) is 0 Å². The van der Waals surface area contributed by atoms with E-state index >= 15 is 0 Å². The summed E-state index contributed by atoms with van der Waals surface area (Å²) in [5.41, 5.74) is 1.99. The minimum atomic E-state index is -0.330. The molecule has 2 rings (SSSR count). The van der Waals surface area contributed by atoms with E-state index in [1.807, 2.05) is 38.5 Å². The van der Waals surface area contributed by atoms with E-state index in [-0.39, 0.29) is 5.97 Å². The molecule has 0 aliphatic heterocycles. The summed E-state index contributed by atoms with van der Waals surface area (Å²) in [7, 11) is 3.27. The fourth-order valence-corrected chi connectivity index (χ4v) is 2.51. The second kappa shape index (κ2) is 5.18. The molecule has 0 amide bonds. The zero-order valence-corrected chi connectivity index (χ0v) is 11.3. The molecule has 0 aliphatic carbocycles. The van der Waals surface area contributed by atoms with Crippen molar-refractivity contribution >= 4 is 22.9 Å². The average Bonchev–Trinajstić information content (AvgIpc) is 2.96. The summed E-state index contributed by atoms with van der Waals surface area (Å²) in [4.78, 5) is 13.4. The molecule has 0 saturated heterocycles. The standard InChI is InChI=1S/C13H14N2O2S/c1-9(6-13(16)17-3)11-4-5-12(18-11)10-7-14-15(2)8-10/h4-8H,1-3H3/b9-6+. The molecular weight excluding hydrogens is 248 g/mol. The predicted molar refractivity (Wildman–Crippen MR) is 72.2 cm³/mol. The summed E-state index contributed by atoms with van der Waals surface area (Å²) in [6.45, 7) is 1.90. The Morgan fingerprint density at radius 2 is 2.28 bits per heavy atom. The Morgan fingerprint density at radius 1 is 1.50 bits per heavy atom. The molecule has 0 aromatic carbocycles. The number of carbonyl (C=O) groups is 1. The van der Waals surface area contributed by atoms with Crippen LogP contribution in [0.25, 0.3) is 16.0 Å². The molecule has 0 bridgehead atoms. The van der Waals surface area contributed by atoms with Crippen molar-refractivity contribution in [1.29, 1.82) is 0 Å². The number of aromatic nitrogens is 2. The molecule has 0 aliphatic rings. The zero-order chi connectivity index (χ0) is 13.1. The van der Waals surface area contributed by atoms with Gasteiger partial charge < -0.3 is 4.74 Å². The van der Waals surface area contributed by atoms with Crippen molar-refractivity contribution in [2.24, 2.45) is 7.05 Å². The van der Waals surface area contributed by atoms with E-state index in [0.717, 1.165) is 20.9 Å². The number of aryl methyl sites for hydroxylation is 1. The Hall–Kier alpha value is -1.88. The van der Waals surface area contributed by atoms with Crippen LogP contribution in [0.15, 0.2) is 30.6 Å². The van der Waals surface area contributed by atoms with E-state index in [2.05, 4.69) is 9.84 Å². The van der Waals surface area contributed by atoms with Gasteiger partial charge in [-0.15, -0.1) is 11.3 Å². The summed E-state index contributed by atoms with van der Waals surface area (Å²) in [6.07, 6.45) is 5.29. The lowest BCUT2D eigenvalue weighted by atomic mass is 10.2. The summed E-state index contributed by atoms with van der Waals surface area (Å²) in [6, 6.07) is 4.04. The van der Waals surface area contributed by atoms with Crippen LogP contribution in [-0.2, 0) is 16.6 Å². The number of methoxy groups -OCH3 is 1. The van der Waals surface area contributed by atoms with Gasteiger partial charge in [-0.2, -0.15) is 5.10 Å². The van der Waals surface area contributed by atoms with E-state index in [0.29, 0.717) is 0 Å². The minimum absolute atomic E-state index is 0.330. The lowest BCUT2D eigenvalue weighted by Gasteiger charge is -1.96. The van der Waals surface area contributed by atoms with Gasteiger partial charge in [-0.05, 0) is 24.6 Å². The van der Waals surface area contributed by atoms with Crippen LogP contribution in [0.1, 0.15) is 11.8 Å². The van der Waals surface area contributed by atoms with E-state index in [1.54, 1.807) is 16.0 Å². The maximum atomic E-state index is 11.2. The second-order valence-electron chi connectivity index (χ2n) is 3.92. The molecule has 0 spiro atoms. The van der Waals surface area contributed by atoms with Crippen molar-refractivity contribution in [3.05, 3.63) is 35.5 Å². The second-order valence-corrected chi connectivity index (χ2v) is 5.00. The number of carbonyl (C=O) groups excluding carboxylic acids is 1. The molecule has 18 heavy (non-hydrogen) atoms. The van der Waals surface area contributed by atoms with Crippen LogP contribution in [-0.4, -0.2) is 22.9 Å². The summed E-state index contributed by atoms with van der Waals surface area (Å²) < 4.78 is 6.38. The van der Waals surface area contributed by atoms with Crippen molar-refractivity contribution in [2.75, 3.05) is 7.11 Å². The number of allylic oxidation sites excluding steroid dienone is 1. The van der Waals surface area contributed by atoms with E-state index in [4.69, 9.17) is 0 Å². The van der Waals surface area contributed by atoms with Gasteiger partial charge in [0.05, 0.1) is 13.3 Å². The maximum absolute atomic E-state index is 11.2. The van der Waals surface area contributed by atoms with Crippen LogP contribution in [0.2, 0.25) is 0 Å². The molecule has 2 aromatic rings. The van der Waals surface area contributed by atoms with Crippen LogP contribution >= 0.6 is 11.3 Å². The fraction of sp³-hybridized carbons (Fsp3) is 0.231.